The Bertz CT molecular complexity index is 466. The number of hydrogen-bond donors (Lipinski definition) is 1. The van der Waals surface area contributed by atoms with Crippen molar-refractivity contribution < 1.29 is 17.9 Å². The fraction of sp³-hybridized carbons (Fsp3) is 0.455. The van der Waals surface area contributed by atoms with Gasteiger partial charge in [0.15, 0.2) is 15.5 Å². The van der Waals surface area contributed by atoms with E-state index in [4.69, 9.17) is 5.11 Å². The van der Waals surface area contributed by atoms with Crippen molar-refractivity contribution in [2.24, 2.45) is 0 Å². The predicted molar refractivity (Wildman–Crippen MR) is 59.7 cm³/mol. The Morgan fingerprint density at radius 3 is 2.44 bits per heavy atom. The minimum atomic E-state index is -3.47. The first kappa shape index (κ1) is 13.1. The molecule has 0 aliphatic carbocycles. The van der Waals surface area contributed by atoms with E-state index in [1.165, 1.54) is 19.1 Å². The zero-order chi connectivity index (χ0) is 12.4. The third-order valence-corrected chi connectivity index (χ3v) is 4.25. The summed E-state index contributed by atoms with van der Waals surface area (Å²) < 4.78 is 37.4. The minimum absolute atomic E-state index is 0.0133. The van der Waals surface area contributed by atoms with Gasteiger partial charge in [-0.05, 0) is 13.0 Å². The van der Waals surface area contributed by atoms with Gasteiger partial charge in [0, 0.05) is 5.56 Å². The van der Waals surface area contributed by atoms with Crippen LogP contribution < -0.4 is 0 Å². The Morgan fingerprint density at radius 1 is 1.38 bits per heavy atom. The maximum atomic E-state index is 14.0. The molecule has 1 atom stereocenters. The minimum Gasteiger partial charge on any atom is -0.393 e. The number of benzene rings is 1. The standard InChI is InChI=1S/C11H15FO3S/c1-3-16(14,15)10-7-5-4-6-9(10)11(2,12)8-13/h4-7,13H,3,8H2,1-2H3. The summed E-state index contributed by atoms with van der Waals surface area (Å²) in [5.74, 6) is -0.0917. The molecule has 0 fully saturated rings. The number of rotatable bonds is 4. The molecule has 1 aromatic carbocycles. The highest BCUT2D eigenvalue weighted by Gasteiger charge is 2.31. The summed E-state index contributed by atoms with van der Waals surface area (Å²) in [6, 6.07) is 5.84. The Balaban J connectivity index is 3.44. The summed E-state index contributed by atoms with van der Waals surface area (Å²) in [5, 5.41) is 8.94. The molecule has 0 aliphatic heterocycles. The smallest absolute Gasteiger partial charge is 0.178 e. The second kappa shape index (κ2) is 4.51. The largest absolute Gasteiger partial charge is 0.393 e. The van der Waals surface area contributed by atoms with Gasteiger partial charge in [-0.2, -0.15) is 0 Å². The highest BCUT2D eigenvalue weighted by atomic mass is 32.2. The van der Waals surface area contributed by atoms with Crippen molar-refractivity contribution in [2.45, 2.75) is 24.4 Å². The van der Waals surface area contributed by atoms with E-state index in [1.807, 2.05) is 0 Å². The molecule has 0 radical (unpaired) electrons. The van der Waals surface area contributed by atoms with Crippen LogP contribution in [0.2, 0.25) is 0 Å². The van der Waals surface area contributed by atoms with Crippen LogP contribution >= 0.6 is 0 Å². The number of alkyl halides is 1. The van der Waals surface area contributed by atoms with E-state index in [9.17, 15) is 12.8 Å². The molecule has 1 rings (SSSR count). The van der Waals surface area contributed by atoms with E-state index >= 15 is 0 Å². The van der Waals surface area contributed by atoms with Gasteiger partial charge >= 0.3 is 0 Å². The summed E-state index contributed by atoms with van der Waals surface area (Å²) in [6.07, 6.45) is 0. The van der Waals surface area contributed by atoms with Crippen molar-refractivity contribution in [3.63, 3.8) is 0 Å². The molecular formula is C11H15FO3S. The SMILES string of the molecule is CCS(=O)(=O)c1ccccc1C(C)(F)CO. The lowest BCUT2D eigenvalue weighted by Gasteiger charge is -2.20. The van der Waals surface area contributed by atoms with Crippen molar-refractivity contribution in [1.29, 1.82) is 0 Å². The summed E-state index contributed by atoms with van der Waals surface area (Å²) in [4.78, 5) is -0.0449. The van der Waals surface area contributed by atoms with Gasteiger partial charge in [-0.25, -0.2) is 12.8 Å². The lowest BCUT2D eigenvalue weighted by atomic mass is 9.99. The van der Waals surface area contributed by atoms with Gasteiger partial charge in [-0.3, -0.25) is 0 Å². The third kappa shape index (κ3) is 2.41. The molecule has 0 spiro atoms. The molecule has 0 aromatic heterocycles. The Kier molecular flexibility index (Phi) is 3.70. The molecule has 5 heteroatoms. The average molecular weight is 246 g/mol. The maximum Gasteiger partial charge on any atom is 0.178 e. The van der Waals surface area contributed by atoms with E-state index < -0.39 is 22.1 Å². The predicted octanol–water partition coefficient (Wildman–Crippen LogP) is 1.66. The molecule has 90 valence electrons. The van der Waals surface area contributed by atoms with E-state index in [2.05, 4.69) is 0 Å². The molecule has 0 aliphatic rings. The second-order valence-electron chi connectivity index (χ2n) is 3.76. The summed E-state index contributed by atoms with van der Waals surface area (Å²) in [7, 11) is -3.47. The molecule has 0 heterocycles. The summed E-state index contributed by atoms with van der Waals surface area (Å²) in [5.41, 5.74) is -2.03. The fourth-order valence-corrected chi connectivity index (χ4v) is 2.62. The van der Waals surface area contributed by atoms with E-state index in [0.29, 0.717) is 0 Å². The topological polar surface area (TPSA) is 54.4 Å². The van der Waals surface area contributed by atoms with Crippen LogP contribution in [0.1, 0.15) is 19.4 Å². The monoisotopic (exact) mass is 246 g/mol. The molecule has 0 bridgehead atoms. The molecule has 1 aromatic rings. The first-order chi connectivity index (χ1) is 7.35. The van der Waals surface area contributed by atoms with Gasteiger partial charge in [-0.1, -0.05) is 25.1 Å². The van der Waals surface area contributed by atoms with Crippen LogP contribution in [-0.2, 0) is 15.5 Å². The van der Waals surface area contributed by atoms with Crippen LogP contribution in [0.25, 0.3) is 0 Å². The van der Waals surface area contributed by atoms with Crippen molar-refractivity contribution in [3.8, 4) is 0 Å². The highest BCUT2D eigenvalue weighted by molar-refractivity contribution is 7.91. The number of halogens is 1. The Morgan fingerprint density at radius 2 is 1.94 bits per heavy atom. The number of hydrogen-bond acceptors (Lipinski definition) is 3. The molecule has 3 nitrogen and oxygen atoms in total. The molecular weight excluding hydrogens is 231 g/mol. The van der Waals surface area contributed by atoms with Gasteiger partial charge in [-0.15, -0.1) is 0 Å². The third-order valence-electron chi connectivity index (χ3n) is 2.46. The molecule has 1 unspecified atom stereocenters. The van der Waals surface area contributed by atoms with E-state index in [-0.39, 0.29) is 16.2 Å². The van der Waals surface area contributed by atoms with E-state index in [0.717, 1.165) is 6.92 Å². The quantitative estimate of drug-likeness (QED) is 0.879. The molecule has 1 N–H and O–H groups in total. The van der Waals surface area contributed by atoms with Gasteiger partial charge < -0.3 is 5.11 Å². The van der Waals surface area contributed by atoms with Crippen molar-refractivity contribution >= 4 is 9.84 Å². The van der Waals surface area contributed by atoms with Crippen LogP contribution in [0.4, 0.5) is 4.39 Å². The molecule has 0 saturated carbocycles. The Labute approximate surface area is 94.8 Å². The van der Waals surface area contributed by atoms with Gasteiger partial charge in [0.25, 0.3) is 0 Å². The Hall–Kier alpha value is -0.940. The van der Waals surface area contributed by atoms with Gasteiger partial charge in [0.1, 0.15) is 0 Å². The normalized spacial score (nSPS) is 15.8. The molecule has 0 saturated heterocycles. The maximum absolute atomic E-state index is 14.0. The molecule has 16 heavy (non-hydrogen) atoms. The fourth-order valence-electron chi connectivity index (χ4n) is 1.41. The van der Waals surface area contributed by atoms with Crippen LogP contribution in [-0.4, -0.2) is 25.9 Å². The zero-order valence-corrected chi connectivity index (χ0v) is 10.1. The number of sulfone groups is 1. The van der Waals surface area contributed by atoms with Gasteiger partial charge in [0.05, 0.1) is 17.3 Å². The summed E-state index contributed by atoms with van der Waals surface area (Å²) in [6.45, 7) is 1.92. The van der Waals surface area contributed by atoms with Crippen LogP contribution in [0.15, 0.2) is 29.2 Å². The lowest BCUT2D eigenvalue weighted by molar-refractivity contribution is 0.0842. The van der Waals surface area contributed by atoms with Crippen LogP contribution in [0.5, 0.6) is 0 Å². The van der Waals surface area contributed by atoms with Crippen molar-refractivity contribution in [2.75, 3.05) is 12.4 Å². The number of aliphatic hydroxyl groups excluding tert-OH is 1. The van der Waals surface area contributed by atoms with Crippen molar-refractivity contribution in [3.05, 3.63) is 29.8 Å². The average Bonchev–Trinajstić information content (AvgIpc) is 2.29. The first-order valence-corrected chi connectivity index (χ1v) is 6.62. The second-order valence-corrected chi connectivity index (χ2v) is 6.00. The number of aliphatic hydroxyl groups is 1. The first-order valence-electron chi connectivity index (χ1n) is 4.97. The van der Waals surface area contributed by atoms with Crippen LogP contribution in [0, 0.1) is 0 Å². The summed E-state index contributed by atoms with van der Waals surface area (Å²) >= 11 is 0. The van der Waals surface area contributed by atoms with Crippen molar-refractivity contribution in [1.82, 2.24) is 0 Å². The lowest BCUT2D eigenvalue weighted by Crippen LogP contribution is -2.23. The van der Waals surface area contributed by atoms with Crippen LogP contribution in [0.3, 0.4) is 0 Å². The zero-order valence-electron chi connectivity index (χ0n) is 9.27. The molecule has 0 amide bonds. The van der Waals surface area contributed by atoms with Gasteiger partial charge in [0.2, 0.25) is 0 Å². The highest BCUT2D eigenvalue weighted by Crippen LogP contribution is 2.30. The van der Waals surface area contributed by atoms with E-state index in [1.54, 1.807) is 12.1 Å².